The van der Waals surface area contributed by atoms with E-state index in [9.17, 15) is 13.5 Å². The molecule has 0 aliphatic carbocycles. The predicted molar refractivity (Wildman–Crippen MR) is 73.5 cm³/mol. The summed E-state index contributed by atoms with van der Waals surface area (Å²) in [5.41, 5.74) is 0.443. The number of rotatable bonds is 7. The third kappa shape index (κ3) is 3.34. The molecule has 0 amide bonds. The summed E-state index contributed by atoms with van der Waals surface area (Å²) in [5.74, 6) is 0.466. The Morgan fingerprint density at radius 2 is 2.16 bits per heavy atom. The van der Waals surface area contributed by atoms with Gasteiger partial charge in [0.15, 0.2) is 0 Å². The van der Waals surface area contributed by atoms with Gasteiger partial charge in [-0.25, -0.2) is 8.42 Å². The van der Waals surface area contributed by atoms with Crippen molar-refractivity contribution >= 4 is 10.0 Å². The summed E-state index contributed by atoms with van der Waals surface area (Å²) in [6.45, 7) is 5.64. The van der Waals surface area contributed by atoms with Crippen molar-refractivity contribution in [1.82, 2.24) is 4.31 Å². The summed E-state index contributed by atoms with van der Waals surface area (Å²) in [6, 6.07) is 4.44. The largest absolute Gasteiger partial charge is 0.496 e. The molecule has 0 aliphatic heterocycles. The van der Waals surface area contributed by atoms with Crippen LogP contribution < -0.4 is 4.74 Å². The first kappa shape index (κ1) is 15.7. The van der Waals surface area contributed by atoms with Crippen LogP contribution >= 0.6 is 0 Å². The quantitative estimate of drug-likeness (QED) is 0.769. The lowest BCUT2D eigenvalue weighted by atomic mass is 10.2. The molecule has 1 aromatic rings. The van der Waals surface area contributed by atoms with Crippen molar-refractivity contribution in [3.8, 4) is 5.75 Å². The zero-order valence-electron chi connectivity index (χ0n) is 11.2. The van der Waals surface area contributed by atoms with Crippen LogP contribution in [0, 0.1) is 0 Å². The normalized spacial score (nSPS) is 11.6. The summed E-state index contributed by atoms with van der Waals surface area (Å²) in [4.78, 5) is 0.140. The molecule has 0 unspecified atom stereocenters. The fourth-order valence-corrected chi connectivity index (χ4v) is 3.20. The van der Waals surface area contributed by atoms with Gasteiger partial charge in [0.05, 0.1) is 18.6 Å². The van der Waals surface area contributed by atoms with Crippen LogP contribution in [0.3, 0.4) is 0 Å². The van der Waals surface area contributed by atoms with E-state index in [0.29, 0.717) is 17.9 Å². The minimum Gasteiger partial charge on any atom is -0.496 e. The van der Waals surface area contributed by atoms with Gasteiger partial charge in [0.25, 0.3) is 0 Å². The average molecular weight is 285 g/mol. The average Bonchev–Trinajstić information content (AvgIpc) is 2.43. The van der Waals surface area contributed by atoms with Gasteiger partial charge in [-0.3, -0.25) is 0 Å². The fraction of sp³-hybridized carbons (Fsp3) is 0.385. The molecule has 1 N–H and O–H groups in total. The van der Waals surface area contributed by atoms with Crippen LogP contribution in [-0.4, -0.2) is 38.0 Å². The molecule has 0 heterocycles. The monoisotopic (exact) mass is 285 g/mol. The van der Waals surface area contributed by atoms with Crippen LogP contribution in [0.5, 0.6) is 5.75 Å². The number of ether oxygens (including phenoxy) is 1. The highest BCUT2D eigenvalue weighted by molar-refractivity contribution is 7.89. The van der Waals surface area contributed by atoms with Gasteiger partial charge in [-0.2, -0.15) is 4.31 Å². The number of likely N-dealkylation sites (N-methyl/N-ethyl adjacent to an activating group) is 1. The van der Waals surface area contributed by atoms with E-state index in [0.717, 1.165) is 0 Å². The molecule has 5 nitrogen and oxygen atoms in total. The van der Waals surface area contributed by atoms with Crippen LogP contribution in [-0.2, 0) is 16.6 Å². The molecule has 1 aromatic carbocycles. The van der Waals surface area contributed by atoms with E-state index in [1.165, 1.54) is 29.6 Å². The second kappa shape index (κ2) is 6.70. The number of aliphatic hydroxyl groups excluding tert-OH is 1. The summed E-state index contributed by atoms with van der Waals surface area (Å²) in [7, 11) is -2.10. The third-order valence-corrected chi connectivity index (χ3v) is 4.68. The van der Waals surface area contributed by atoms with Gasteiger partial charge < -0.3 is 9.84 Å². The number of benzene rings is 1. The number of nitrogens with zero attached hydrogens (tertiary/aromatic N) is 1. The van der Waals surface area contributed by atoms with E-state index in [1.54, 1.807) is 13.0 Å². The molecule has 0 radical (unpaired) electrons. The highest BCUT2D eigenvalue weighted by Crippen LogP contribution is 2.24. The van der Waals surface area contributed by atoms with Crippen LogP contribution in [0.1, 0.15) is 12.5 Å². The summed E-state index contributed by atoms with van der Waals surface area (Å²) < 4.78 is 31.1. The molecular formula is C13H19NO4S. The maximum absolute atomic E-state index is 12.4. The van der Waals surface area contributed by atoms with Gasteiger partial charge in [-0.05, 0) is 18.2 Å². The fourth-order valence-electron chi connectivity index (χ4n) is 1.73. The van der Waals surface area contributed by atoms with Gasteiger partial charge in [0.2, 0.25) is 10.0 Å². The Bertz CT molecular complexity index is 540. The minimum absolute atomic E-state index is 0.140. The molecule has 0 spiro atoms. The summed E-state index contributed by atoms with van der Waals surface area (Å²) in [5, 5.41) is 9.23. The Labute approximate surface area is 114 Å². The maximum Gasteiger partial charge on any atom is 0.243 e. The van der Waals surface area contributed by atoms with Crippen molar-refractivity contribution in [3.05, 3.63) is 36.4 Å². The van der Waals surface area contributed by atoms with E-state index >= 15 is 0 Å². The molecule has 0 aromatic heterocycles. The third-order valence-electron chi connectivity index (χ3n) is 2.75. The molecule has 0 saturated heterocycles. The van der Waals surface area contributed by atoms with Crippen molar-refractivity contribution in [2.24, 2.45) is 0 Å². The molecule has 0 bridgehead atoms. The first-order valence-electron chi connectivity index (χ1n) is 5.90. The Balaban J connectivity index is 3.24. The zero-order valence-corrected chi connectivity index (χ0v) is 12.0. The Morgan fingerprint density at radius 3 is 2.63 bits per heavy atom. The van der Waals surface area contributed by atoms with Crippen LogP contribution in [0.15, 0.2) is 35.7 Å². The van der Waals surface area contributed by atoms with E-state index in [1.807, 2.05) is 0 Å². The van der Waals surface area contributed by atoms with Crippen LogP contribution in [0.4, 0.5) is 0 Å². The molecule has 0 saturated carbocycles. The van der Waals surface area contributed by atoms with E-state index in [2.05, 4.69) is 6.58 Å². The number of hydrogen-bond acceptors (Lipinski definition) is 4. The second-order valence-corrected chi connectivity index (χ2v) is 5.81. The molecular weight excluding hydrogens is 266 g/mol. The lowest BCUT2D eigenvalue weighted by molar-refractivity contribution is 0.273. The Hall–Kier alpha value is -1.37. The van der Waals surface area contributed by atoms with Crippen LogP contribution in [0.25, 0.3) is 0 Å². The van der Waals surface area contributed by atoms with Crippen LogP contribution in [0.2, 0.25) is 0 Å². The number of hydrogen-bond donors (Lipinski definition) is 1. The number of sulfonamides is 1. The maximum atomic E-state index is 12.4. The Morgan fingerprint density at radius 1 is 1.47 bits per heavy atom. The van der Waals surface area contributed by atoms with Gasteiger partial charge >= 0.3 is 0 Å². The zero-order chi connectivity index (χ0) is 14.5. The SMILES string of the molecule is C=CCN(CC)S(=O)(=O)c1ccc(OC)c(CO)c1. The molecule has 0 aliphatic rings. The Kier molecular flexibility index (Phi) is 5.53. The van der Waals surface area contributed by atoms with E-state index < -0.39 is 10.0 Å². The number of aliphatic hydroxyl groups is 1. The molecule has 1 rings (SSSR count). The predicted octanol–water partition coefficient (Wildman–Crippen LogP) is 1.38. The molecule has 0 atom stereocenters. The van der Waals surface area contributed by atoms with E-state index in [-0.39, 0.29) is 18.0 Å². The smallest absolute Gasteiger partial charge is 0.243 e. The topological polar surface area (TPSA) is 66.8 Å². The first-order chi connectivity index (χ1) is 9.01. The highest BCUT2D eigenvalue weighted by Gasteiger charge is 2.22. The van der Waals surface area contributed by atoms with Crippen molar-refractivity contribution < 1.29 is 18.3 Å². The molecule has 106 valence electrons. The van der Waals surface area contributed by atoms with Crippen molar-refractivity contribution in [3.63, 3.8) is 0 Å². The standard InChI is InChI=1S/C13H19NO4S/c1-4-8-14(5-2)19(16,17)12-6-7-13(18-3)11(9-12)10-15/h4,6-7,9,15H,1,5,8,10H2,2-3H3. The molecule has 19 heavy (non-hydrogen) atoms. The lowest BCUT2D eigenvalue weighted by Gasteiger charge is -2.19. The van der Waals surface area contributed by atoms with Crippen molar-refractivity contribution in [2.75, 3.05) is 20.2 Å². The van der Waals surface area contributed by atoms with Crippen molar-refractivity contribution in [2.45, 2.75) is 18.4 Å². The van der Waals surface area contributed by atoms with Gasteiger partial charge in [-0.15, -0.1) is 6.58 Å². The first-order valence-corrected chi connectivity index (χ1v) is 7.34. The highest BCUT2D eigenvalue weighted by atomic mass is 32.2. The second-order valence-electron chi connectivity index (χ2n) is 3.88. The number of methoxy groups -OCH3 is 1. The van der Waals surface area contributed by atoms with Gasteiger partial charge in [-0.1, -0.05) is 13.0 Å². The minimum atomic E-state index is -3.58. The summed E-state index contributed by atoms with van der Waals surface area (Å²) in [6.07, 6.45) is 1.54. The molecule has 6 heteroatoms. The summed E-state index contributed by atoms with van der Waals surface area (Å²) >= 11 is 0. The van der Waals surface area contributed by atoms with E-state index in [4.69, 9.17) is 4.74 Å². The van der Waals surface area contributed by atoms with Crippen molar-refractivity contribution in [1.29, 1.82) is 0 Å². The lowest BCUT2D eigenvalue weighted by Crippen LogP contribution is -2.31. The molecule has 0 fully saturated rings. The van der Waals surface area contributed by atoms with Gasteiger partial charge in [0.1, 0.15) is 5.75 Å². The van der Waals surface area contributed by atoms with Gasteiger partial charge in [0, 0.05) is 18.7 Å².